The van der Waals surface area contributed by atoms with Crippen LogP contribution in [-0.2, 0) is 0 Å². The first-order chi connectivity index (χ1) is 13.3. The predicted octanol–water partition coefficient (Wildman–Crippen LogP) is 4.05. The van der Waals surface area contributed by atoms with Crippen LogP contribution < -0.4 is 10.3 Å². The Bertz CT molecular complexity index is 1150. The van der Waals surface area contributed by atoms with Crippen LogP contribution in [0.4, 0.5) is 5.69 Å². The van der Waals surface area contributed by atoms with Crippen molar-refractivity contribution in [3.05, 3.63) is 72.7 Å². The van der Waals surface area contributed by atoms with Gasteiger partial charge in [0, 0.05) is 16.1 Å². The van der Waals surface area contributed by atoms with Crippen LogP contribution in [0, 0.1) is 17.0 Å². The quantitative estimate of drug-likeness (QED) is 0.335. The molecule has 0 saturated carbocycles. The van der Waals surface area contributed by atoms with Gasteiger partial charge < -0.3 is 4.74 Å². The molecule has 2 aromatic carbocycles. The summed E-state index contributed by atoms with van der Waals surface area (Å²) in [6.45, 7) is 5.22. The first kappa shape index (κ1) is 19.7. The molecule has 0 unspecified atom stereocenters. The van der Waals surface area contributed by atoms with E-state index in [2.05, 4.69) is 26.0 Å². The molecule has 3 rings (SSSR count). The minimum Gasteiger partial charge on any atom is -0.484 e. The number of aromatic nitrogens is 2. The van der Waals surface area contributed by atoms with E-state index in [1.165, 1.54) is 18.3 Å². The summed E-state index contributed by atoms with van der Waals surface area (Å²) in [4.78, 5) is 28.0. The fourth-order valence-electron chi connectivity index (χ4n) is 2.67. The van der Waals surface area contributed by atoms with Crippen molar-refractivity contribution in [2.24, 2.45) is 5.10 Å². The number of aryl methyl sites for hydroxylation is 1. The molecule has 0 radical (unpaired) electrons. The topological polar surface area (TPSA) is 99.6 Å². The Morgan fingerprint density at radius 3 is 2.75 bits per heavy atom. The summed E-state index contributed by atoms with van der Waals surface area (Å²) in [6, 6.07) is 9.77. The number of hydrogen-bond acceptors (Lipinski definition) is 6. The lowest BCUT2D eigenvalue weighted by Gasteiger charge is -2.12. The summed E-state index contributed by atoms with van der Waals surface area (Å²) in [5.74, 6) is 0.501. The lowest BCUT2D eigenvalue weighted by molar-refractivity contribution is -0.386. The molecule has 0 amide bonds. The Balaban J connectivity index is 2.13. The van der Waals surface area contributed by atoms with E-state index in [0.717, 1.165) is 9.15 Å². The van der Waals surface area contributed by atoms with Gasteiger partial charge in [-0.2, -0.15) is 9.78 Å². The van der Waals surface area contributed by atoms with E-state index in [1.54, 1.807) is 45.0 Å². The highest BCUT2D eigenvalue weighted by atomic mass is 79.9. The van der Waals surface area contributed by atoms with Gasteiger partial charge in [0.2, 0.25) is 5.75 Å². The van der Waals surface area contributed by atoms with Gasteiger partial charge in [-0.05, 0) is 45.0 Å². The molecule has 9 heteroatoms. The molecule has 8 nitrogen and oxygen atoms in total. The van der Waals surface area contributed by atoms with E-state index in [9.17, 15) is 14.9 Å². The number of nitro benzene ring substituents is 1. The monoisotopic (exact) mass is 444 g/mol. The van der Waals surface area contributed by atoms with E-state index in [0.29, 0.717) is 22.3 Å². The van der Waals surface area contributed by atoms with E-state index < -0.39 is 4.92 Å². The van der Waals surface area contributed by atoms with Crippen molar-refractivity contribution in [1.29, 1.82) is 0 Å². The van der Waals surface area contributed by atoms with Gasteiger partial charge >= 0.3 is 5.69 Å². The highest BCUT2D eigenvalue weighted by Crippen LogP contribution is 2.30. The summed E-state index contributed by atoms with van der Waals surface area (Å²) >= 11 is 3.34. The molecule has 0 aliphatic carbocycles. The van der Waals surface area contributed by atoms with Gasteiger partial charge in [0.1, 0.15) is 5.82 Å². The van der Waals surface area contributed by atoms with Crippen molar-refractivity contribution < 1.29 is 9.66 Å². The number of para-hydroxylation sites is 1. The second kappa shape index (κ2) is 7.89. The number of fused-ring (bicyclic) bond motifs is 1. The molecular weight excluding hydrogens is 428 g/mol. The van der Waals surface area contributed by atoms with E-state index in [4.69, 9.17) is 4.74 Å². The molecule has 0 atom stereocenters. The van der Waals surface area contributed by atoms with Gasteiger partial charge in [0.25, 0.3) is 5.56 Å². The molecule has 3 aromatic rings. The molecule has 0 fully saturated rings. The van der Waals surface area contributed by atoms with Gasteiger partial charge in [-0.25, -0.2) is 4.98 Å². The second-order valence-corrected chi connectivity index (χ2v) is 7.22. The van der Waals surface area contributed by atoms with Crippen LogP contribution >= 0.6 is 15.9 Å². The van der Waals surface area contributed by atoms with Crippen LogP contribution in [-0.4, -0.2) is 26.9 Å². The fourth-order valence-corrected chi connectivity index (χ4v) is 3.03. The molecule has 144 valence electrons. The van der Waals surface area contributed by atoms with Crippen molar-refractivity contribution >= 4 is 38.7 Å². The average Bonchev–Trinajstić information content (AvgIpc) is 2.62. The normalized spacial score (nSPS) is 11.5. The van der Waals surface area contributed by atoms with Gasteiger partial charge in [-0.15, -0.1) is 0 Å². The molecule has 0 aliphatic heterocycles. The molecule has 28 heavy (non-hydrogen) atoms. The molecule has 0 aliphatic rings. The number of halogens is 1. The van der Waals surface area contributed by atoms with Gasteiger partial charge in [-0.3, -0.25) is 14.9 Å². The number of hydrogen-bond donors (Lipinski definition) is 0. The Morgan fingerprint density at radius 2 is 2.07 bits per heavy atom. The average molecular weight is 445 g/mol. The van der Waals surface area contributed by atoms with Gasteiger partial charge in [-0.1, -0.05) is 22.0 Å². The molecule has 0 saturated heterocycles. The van der Waals surface area contributed by atoms with Gasteiger partial charge in [0.05, 0.1) is 28.1 Å². The molecule has 0 bridgehead atoms. The number of nitrogens with zero attached hydrogens (tertiary/aromatic N) is 4. The van der Waals surface area contributed by atoms with Crippen molar-refractivity contribution in [2.45, 2.75) is 26.9 Å². The largest absolute Gasteiger partial charge is 0.484 e. The molecule has 1 heterocycles. The maximum absolute atomic E-state index is 12.8. The minimum absolute atomic E-state index is 0.105. The predicted molar refractivity (Wildman–Crippen MR) is 110 cm³/mol. The SMILES string of the molecule is Cc1nc2ccc(Br)cc2c(=O)n1N=Cc1cccc([N+](=O)[O-])c1OC(C)C. The number of ether oxygens (including phenoxy) is 1. The van der Waals surface area contributed by atoms with Crippen LogP contribution in [0.2, 0.25) is 0 Å². The molecule has 1 aromatic heterocycles. The lowest BCUT2D eigenvalue weighted by Crippen LogP contribution is -2.20. The molecule has 0 spiro atoms. The third kappa shape index (κ3) is 3.94. The smallest absolute Gasteiger partial charge is 0.311 e. The third-order valence-corrected chi connectivity index (χ3v) is 4.35. The van der Waals surface area contributed by atoms with Crippen LogP contribution in [0.1, 0.15) is 25.2 Å². The summed E-state index contributed by atoms with van der Waals surface area (Å²) in [6.07, 6.45) is 1.10. The van der Waals surface area contributed by atoms with Crippen LogP contribution in [0.5, 0.6) is 5.75 Å². The van der Waals surface area contributed by atoms with Crippen LogP contribution in [0.15, 0.2) is 50.8 Å². The Morgan fingerprint density at radius 1 is 1.32 bits per heavy atom. The zero-order valence-corrected chi connectivity index (χ0v) is 17.0. The maximum Gasteiger partial charge on any atom is 0.311 e. The van der Waals surface area contributed by atoms with Crippen LogP contribution in [0.3, 0.4) is 0 Å². The summed E-state index contributed by atoms with van der Waals surface area (Å²) in [5.41, 5.74) is 0.457. The highest BCUT2D eigenvalue weighted by Gasteiger charge is 2.19. The van der Waals surface area contributed by atoms with Crippen molar-refractivity contribution in [1.82, 2.24) is 9.66 Å². The van der Waals surface area contributed by atoms with E-state index in [-0.39, 0.29) is 23.1 Å². The minimum atomic E-state index is -0.512. The fraction of sp³-hybridized carbons (Fsp3) is 0.211. The van der Waals surface area contributed by atoms with Crippen molar-refractivity contribution in [2.75, 3.05) is 0 Å². The Hall–Kier alpha value is -3.07. The van der Waals surface area contributed by atoms with Gasteiger partial charge in [0.15, 0.2) is 0 Å². The van der Waals surface area contributed by atoms with E-state index >= 15 is 0 Å². The first-order valence-electron chi connectivity index (χ1n) is 8.45. The lowest BCUT2D eigenvalue weighted by atomic mass is 10.2. The third-order valence-electron chi connectivity index (χ3n) is 3.86. The zero-order chi connectivity index (χ0) is 20.4. The van der Waals surface area contributed by atoms with E-state index in [1.807, 2.05) is 0 Å². The number of benzene rings is 2. The van der Waals surface area contributed by atoms with Crippen molar-refractivity contribution in [3.8, 4) is 5.75 Å². The summed E-state index contributed by atoms with van der Waals surface area (Å²) < 4.78 is 7.54. The maximum atomic E-state index is 12.8. The molecular formula is C19H17BrN4O4. The Kier molecular flexibility index (Phi) is 5.55. The Labute approximate surface area is 168 Å². The van der Waals surface area contributed by atoms with Crippen molar-refractivity contribution in [3.63, 3.8) is 0 Å². The van der Waals surface area contributed by atoms with Crippen LogP contribution in [0.25, 0.3) is 10.9 Å². The summed E-state index contributed by atoms with van der Waals surface area (Å²) in [5, 5.41) is 16.0. The second-order valence-electron chi connectivity index (χ2n) is 6.30. The number of nitro groups is 1. The molecule has 0 N–H and O–H groups in total. The zero-order valence-electron chi connectivity index (χ0n) is 15.4. The number of rotatable bonds is 5. The standard InChI is InChI=1S/C19H17BrN4O4/c1-11(2)28-18-13(5-4-6-17(18)24(26)27)10-21-23-12(3)22-16-8-7-14(20)9-15(16)19(23)25/h4-11H,1-3H3. The first-order valence-corrected chi connectivity index (χ1v) is 9.24. The highest BCUT2D eigenvalue weighted by molar-refractivity contribution is 9.10. The summed E-state index contributed by atoms with van der Waals surface area (Å²) in [7, 11) is 0.